The van der Waals surface area contributed by atoms with Gasteiger partial charge in [0.15, 0.2) is 0 Å². The Balaban J connectivity index is 1.78. The van der Waals surface area contributed by atoms with Crippen LogP contribution in [0.25, 0.3) is 0 Å². The minimum Gasteiger partial charge on any atom is -0.460 e. The Morgan fingerprint density at radius 1 is 0.960 bits per heavy atom. The van der Waals surface area contributed by atoms with Crippen molar-refractivity contribution in [3.63, 3.8) is 0 Å². The molecule has 0 unspecified atom stereocenters. The SMILES string of the molecule is O=C(CC(=O)OCc1ccccc1)Nc1ccc(OC(F)(F)F)cc1. The molecule has 0 atom stereocenters. The van der Waals surface area contributed by atoms with E-state index in [1.54, 1.807) is 24.3 Å². The van der Waals surface area contributed by atoms with Gasteiger partial charge in [-0.25, -0.2) is 0 Å². The van der Waals surface area contributed by atoms with Crippen molar-refractivity contribution < 1.29 is 32.2 Å². The van der Waals surface area contributed by atoms with Crippen molar-refractivity contribution in [1.82, 2.24) is 0 Å². The lowest BCUT2D eigenvalue weighted by Gasteiger charge is -2.10. The van der Waals surface area contributed by atoms with Gasteiger partial charge in [0, 0.05) is 5.69 Å². The van der Waals surface area contributed by atoms with Gasteiger partial charge in [-0.2, -0.15) is 0 Å². The number of carbonyl (C=O) groups is 2. The molecule has 25 heavy (non-hydrogen) atoms. The van der Waals surface area contributed by atoms with Gasteiger partial charge in [0.05, 0.1) is 0 Å². The summed E-state index contributed by atoms with van der Waals surface area (Å²) in [6.45, 7) is 0.0520. The van der Waals surface area contributed by atoms with Gasteiger partial charge in [0.25, 0.3) is 0 Å². The van der Waals surface area contributed by atoms with Gasteiger partial charge in [0.2, 0.25) is 5.91 Å². The van der Waals surface area contributed by atoms with Crippen LogP contribution in [0.5, 0.6) is 5.75 Å². The molecule has 0 saturated heterocycles. The van der Waals surface area contributed by atoms with Crippen LogP contribution in [0.2, 0.25) is 0 Å². The Morgan fingerprint density at radius 2 is 1.60 bits per heavy atom. The van der Waals surface area contributed by atoms with E-state index in [0.29, 0.717) is 0 Å². The Bertz CT molecular complexity index is 715. The van der Waals surface area contributed by atoms with Gasteiger partial charge >= 0.3 is 12.3 Å². The largest absolute Gasteiger partial charge is 0.573 e. The number of nitrogens with one attached hydrogen (secondary N) is 1. The highest BCUT2D eigenvalue weighted by Gasteiger charge is 2.30. The molecule has 0 aliphatic carbocycles. The molecule has 0 spiro atoms. The van der Waals surface area contributed by atoms with Crippen molar-refractivity contribution >= 4 is 17.6 Å². The molecule has 1 amide bonds. The lowest BCUT2D eigenvalue weighted by molar-refractivity contribution is -0.274. The Kier molecular flexibility index (Phi) is 5.99. The van der Waals surface area contributed by atoms with Gasteiger partial charge in [0.1, 0.15) is 18.8 Å². The van der Waals surface area contributed by atoms with Gasteiger partial charge in [-0.1, -0.05) is 30.3 Å². The quantitative estimate of drug-likeness (QED) is 0.636. The van der Waals surface area contributed by atoms with E-state index in [9.17, 15) is 22.8 Å². The normalized spacial score (nSPS) is 10.8. The molecule has 2 aromatic rings. The van der Waals surface area contributed by atoms with Crippen LogP contribution in [0.3, 0.4) is 0 Å². The van der Waals surface area contributed by atoms with E-state index in [4.69, 9.17) is 4.74 Å². The Labute approximate surface area is 141 Å². The fourth-order valence-electron chi connectivity index (χ4n) is 1.87. The molecular weight excluding hydrogens is 339 g/mol. The van der Waals surface area contributed by atoms with Crippen LogP contribution >= 0.6 is 0 Å². The first-order chi connectivity index (χ1) is 11.8. The fourth-order valence-corrected chi connectivity index (χ4v) is 1.87. The zero-order valence-electron chi connectivity index (χ0n) is 12.9. The number of esters is 1. The third kappa shape index (κ3) is 6.94. The summed E-state index contributed by atoms with van der Waals surface area (Å²) in [5, 5.41) is 2.38. The number of carbonyl (C=O) groups excluding carboxylic acids is 2. The summed E-state index contributed by atoms with van der Waals surface area (Å²) in [6.07, 6.45) is -5.29. The van der Waals surface area contributed by atoms with E-state index >= 15 is 0 Å². The highest BCUT2D eigenvalue weighted by molar-refractivity contribution is 6.01. The van der Waals surface area contributed by atoms with Crippen LogP contribution in [0.4, 0.5) is 18.9 Å². The Hall–Kier alpha value is -3.03. The second-order valence-electron chi connectivity index (χ2n) is 4.94. The molecule has 0 aliphatic heterocycles. The fraction of sp³-hybridized carbons (Fsp3) is 0.176. The number of alkyl halides is 3. The highest BCUT2D eigenvalue weighted by Crippen LogP contribution is 2.23. The predicted octanol–water partition coefficient (Wildman–Crippen LogP) is 3.66. The summed E-state index contributed by atoms with van der Waals surface area (Å²) >= 11 is 0. The van der Waals surface area contributed by atoms with Gasteiger partial charge in [-0.3, -0.25) is 9.59 Å². The summed E-state index contributed by atoms with van der Waals surface area (Å²) in [4.78, 5) is 23.3. The van der Waals surface area contributed by atoms with Crippen molar-refractivity contribution in [2.75, 3.05) is 5.32 Å². The molecule has 0 aliphatic rings. The van der Waals surface area contributed by atoms with Crippen molar-refractivity contribution in [3.05, 3.63) is 60.2 Å². The second-order valence-corrected chi connectivity index (χ2v) is 4.94. The van der Waals surface area contributed by atoms with Crippen LogP contribution in [-0.4, -0.2) is 18.2 Å². The van der Waals surface area contributed by atoms with E-state index in [1.807, 2.05) is 6.07 Å². The maximum Gasteiger partial charge on any atom is 0.573 e. The smallest absolute Gasteiger partial charge is 0.460 e. The maximum absolute atomic E-state index is 12.0. The number of benzene rings is 2. The number of anilines is 1. The number of hydrogen-bond donors (Lipinski definition) is 1. The summed E-state index contributed by atoms with van der Waals surface area (Å²) in [5.41, 5.74) is 1.02. The number of halogens is 3. The van der Waals surface area contributed by atoms with Gasteiger partial charge in [-0.05, 0) is 29.8 Å². The molecule has 2 rings (SSSR count). The number of hydrogen-bond acceptors (Lipinski definition) is 4. The van der Waals surface area contributed by atoms with Crippen LogP contribution in [-0.2, 0) is 20.9 Å². The van der Waals surface area contributed by atoms with Crippen molar-refractivity contribution in [2.24, 2.45) is 0 Å². The molecule has 0 aromatic heterocycles. The molecular formula is C17H14F3NO4. The van der Waals surface area contributed by atoms with Crippen molar-refractivity contribution in [1.29, 1.82) is 0 Å². The van der Waals surface area contributed by atoms with Crippen molar-refractivity contribution in [3.8, 4) is 5.75 Å². The first kappa shape index (κ1) is 18.3. The minimum absolute atomic E-state index is 0.0520. The molecule has 5 nitrogen and oxygen atoms in total. The van der Waals surface area contributed by atoms with Crippen LogP contribution in [0.15, 0.2) is 54.6 Å². The first-order valence-corrected chi connectivity index (χ1v) is 7.17. The molecule has 2 aromatic carbocycles. The summed E-state index contributed by atoms with van der Waals surface area (Å²) in [7, 11) is 0. The summed E-state index contributed by atoms with van der Waals surface area (Å²) < 4.78 is 44.8. The number of ether oxygens (including phenoxy) is 2. The third-order valence-electron chi connectivity index (χ3n) is 2.92. The number of amides is 1. The molecule has 8 heteroatoms. The third-order valence-corrected chi connectivity index (χ3v) is 2.92. The van der Waals surface area contributed by atoms with Crippen LogP contribution in [0, 0.1) is 0 Å². The van der Waals surface area contributed by atoms with E-state index in [0.717, 1.165) is 17.7 Å². The molecule has 0 heterocycles. The standard InChI is InChI=1S/C17H14F3NO4/c18-17(19,20)25-14-8-6-13(7-9-14)21-15(22)10-16(23)24-11-12-4-2-1-3-5-12/h1-9H,10-11H2,(H,21,22). The zero-order chi connectivity index (χ0) is 18.3. The second kappa shape index (κ2) is 8.18. The van der Waals surface area contributed by atoms with E-state index in [1.165, 1.54) is 12.1 Å². The summed E-state index contributed by atoms with van der Waals surface area (Å²) in [5.74, 6) is -1.76. The maximum atomic E-state index is 12.0. The summed E-state index contributed by atoms with van der Waals surface area (Å²) in [6, 6.07) is 13.5. The topological polar surface area (TPSA) is 64.6 Å². The molecule has 1 N–H and O–H groups in total. The molecule has 0 radical (unpaired) electrons. The minimum atomic E-state index is -4.78. The van der Waals surface area contributed by atoms with E-state index in [-0.39, 0.29) is 12.3 Å². The lowest BCUT2D eigenvalue weighted by atomic mass is 10.2. The zero-order valence-corrected chi connectivity index (χ0v) is 12.9. The Morgan fingerprint density at radius 3 is 2.20 bits per heavy atom. The average Bonchev–Trinajstić information content (AvgIpc) is 2.54. The highest BCUT2D eigenvalue weighted by atomic mass is 19.4. The predicted molar refractivity (Wildman–Crippen MR) is 82.6 cm³/mol. The first-order valence-electron chi connectivity index (χ1n) is 7.17. The van der Waals surface area contributed by atoms with Gasteiger partial charge < -0.3 is 14.8 Å². The van der Waals surface area contributed by atoms with E-state index in [2.05, 4.69) is 10.1 Å². The van der Waals surface area contributed by atoms with Crippen LogP contribution in [0.1, 0.15) is 12.0 Å². The monoisotopic (exact) mass is 353 g/mol. The average molecular weight is 353 g/mol. The lowest BCUT2D eigenvalue weighted by Crippen LogP contribution is -2.18. The van der Waals surface area contributed by atoms with Crippen molar-refractivity contribution in [2.45, 2.75) is 19.4 Å². The van der Waals surface area contributed by atoms with E-state index < -0.39 is 30.4 Å². The molecule has 0 bridgehead atoms. The molecule has 132 valence electrons. The molecule has 0 fully saturated rings. The van der Waals surface area contributed by atoms with Gasteiger partial charge in [-0.15, -0.1) is 13.2 Å². The number of rotatable bonds is 6. The molecule has 0 saturated carbocycles. The van der Waals surface area contributed by atoms with Crippen LogP contribution < -0.4 is 10.1 Å².